The summed E-state index contributed by atoms with van der Waals surface area (Å²) in [6, 6.07) is 4.11. The topological polar surface area (TPSA) is 72.1 Å². The summed E-state index contributed by atoms with van der Waals surface area (Å²) in [5.41, 5.74) is 5.35. The van der Waals surface area contributed by atoms with Crippen molar-refractivity contribution in [2.24, 2.45) is 11.7 Å². The van der Waals surface area contributed by atoms with Gasteiger partial charge < -0.3 is 10.6 Å². The Morgan fingerprint density at radius 1 is 1.38 bits per heavy atom. The Kier molecular flexibility index (Phi) is 2.05. The molecule has 5 heteroatoms. The van der Waals surface area contributed by atoms with Crippen molar-refractivity contribution in [1.29, 1.82) is 0 Å². The summed E-state index contributed by atoms with van der Waals surface area (Å²) >= 11 is 0. The molecule has 1 aromatic rings. The molecular weight excluding hydrogens is 204 g/mol. The molecule has 3 rings (SSSR count). The summed E-state index contributed by atoms with van der Waals surface area (Å²) in [7, 11) is 0. The van der Waals surface area contributed by atoms with Gasteiger partial charge in [0.05, 0.1) is 0 Å². The van der Waals surface area contributed by atoms with Crippen LogP contribution < -0.4 is 10.6 Å². The van der Waals surface area contributed by atoms with Gasteiger partial charge in [-0.25, -0.2) is 0 Å². The Morgan fingerprint density at radius 3 is 2.75 bits per heavy atom. The Morgan fingerprint density at radius 2 is 2.25 bits per heavy atom. The Bertz CT molecular complexity index is 416. The fourth-order valence-corrected chi connectivity index (χ4v) is 2.82. The number of hydrogen-bond donors (Lipinski definition) is 1. The van der Waals surface area contributed by atoms with Crippen LogP contribution in [0.5, 0.6) is 0 Å². The van der Waals surface area contributed by atoms with E-state index in [0.717, 1.165) is 18.3 Å². The molecule has 0 spiro atoms. The second-order valence-electron chi connectivity index (χ2n) is 4.63. The zero-order valence-electron chi connectivity index (χ0n) is 8.97. The summed E-state index contributed by atoms with van der Waals surface area (Å²) in [5.74, 6) is 1.17. The van der Waals surface area contributed by atoms with Gasteiger partial charge in [-0.15, -0.1) is 10.2 Å². The molecule has 2 fully saturated rings. The molecule has 2 N–H and O–H groups in total. The Hall–Kier alpha value is -1.65. The largest absolute Gasteiger partial charge is 0.364 e. The minimum Gasteiger partial charge on any atom is -0.364 e. The number of nitrogens with zero attached hydrogens (tertiary/aromatic N) is 3. The molecule has 2 heterocycles. The van der Waals surface area contributed by atoms with E-state index < -0.39 is 5.91 Å². The first-order chi connectivity index (χ1) is 7.74. The molecule has 0 radical (unpaired) electrons. The lowest BCUT2D eigenvalue weighted by Gasteiger charge is -2.27. The second kappa shape index (κ2) is 3.43. The van der Waals surface area contributed by atoms with Gasteiger partial charge in [-0.3, -0.25) is 4.79 Å². The molecule has 16 heavy (non-hydrogen) atoms. The number of carbonyl (C=O) groups is 1. The van der Waals surface area contributed by atoms with Crippen molar-refractivity contribution in [3.63, 3.8) is 0 Å². The van der Waals surface area contributed by atoms with E-state index in [1.807, 2.05) is 6.07 Å². The number of amides is 1. The normalized spacial score (nSPS) is 27.4. The number of rotatable bonds is 2. The number of hydrogen-bond acceptors (Lipinski definition) is 4. The SMILES string of the molecule is NC(=O)c1ccc(N2CC3CCC2C3)nn1. The lowest BCUT2D eigenvalue weighted by Crippen LogP contribution is -2.32. The van der Waals surface area contributed by atoms with Crippen molar-refractivity contribution < 1.29 is 4.79 Å². The molecule has 0 aromatic carbocycles. The van der Waals surface area contributed by atoms with Gasteiger partial charge in [0, 0.05) is 12.6 Å². The highest BCUT2D eigenvalue weighted by atomic mass is 16.1. The molecule has 1 amide bonds. The molecule has 5 nitrogen and oxygen atoms in total. The number of anilines is 1. The molecule has 1 aliphatic heterocycles. The average Bonchev–Trinajstić information content (AvgIpc) is 2.91. The standard InChI is InChI=1S/C11H14N4O/c12-11(16)9-3-4-10(14-13-9)15-6-7-1-2-8(15)5-7/h3-4,7-8H,1-2,5-6H2,(H2,12,16). The first-order valence-electron chi connectivity index (χ1n) is 5.64. The van der Waals surface area contributed by atoms with Gasteiger partial charge in [0.15, 0.2) is 11.5 Å². The predicted octanol–water partition coefficient (Wildman–Crippen LogP) is 0.564. The fraction of sp³-hybridized carbons (Fsp3) is 0.545. The maximum Gasteiger partial charge on any atom is 0.269 e. The smallest absolute Gasteiger partial charge is 0.269 e. The zero-order valence-corrected chi connectivity index (χ0v) is 8.97. The minimum absolute atomic E-state index is 0.230. The van der Waals surface area contributed by atoms with Crippen molar-refractivity contribution >= 4 is 11.7 Å². The monoisotopic (exact) mass is 218 g/mol. The highest BCUT2D eigenvalue weighted by molar-refractivity contribution is 5.90. The van der Waals surface area contributed by atoms with Crippen molar-refractivity contribution in [2.75, 3.05) is 11.4 Å². The lowest BCUT2D eigenvalue weighted by molar-refractivity contribution is 0.0994. The summed E-state index contributed by atoms with van der Waals surface area (Å²) in [4.78, 5) is 13.2. The maximum absolute atomic E-state index is 10.9. The zero-order chi connectivity index (χ0) is 11.1. The summed E-state index contributed by atoms with van der Waals surface area (Å²) in [5, 5.41) is 7.92. The van der Waals surface area contributed by atoms with Gasteiger partial charge in [-0.05, 0) is 37.3 Å². The molecule has 1 aliphatic carbocycles. The third-order valence-electron chi connectivity index (χ3n) is 3.61. The van der Waals surface area contributed by atoms with Crippen LogP contribution in [0, 0.1) is 5.92 Å². The molecule has 1 aromatic heterocycles. The van der Waals surface area contributed by atoms with E-state index in [2.05, 4.69) is 15.1 Å². The number of fused-ring (bicyclic) bond motifs is 2. The van der Waals surface area contributed by atoms with Crippen LogP contribution in [0.4, 0.5) is 5.82 Å². The van der Waals surface area contributed by atoms with Crippen molar-refractivity contribution in [3.8, 4) is 0 Å². The van der Waals surface area contributed by atoms with E-state index >= 15 is 0 Å². The predicted molar refractivity (Wildman–Crippen MR) is 59.0 cm³/mol. The first kappa shape index (κ1) is 9.57. The fourth-order valence-electron chi connectivity index (χ4n) is 2.82. The number of carbonyl (C=O) groups excluding carboxylic acids is 1. The summed E-state index contributed by atoms with van der Waals surface area (Å²) in [6.45, 7) is 1.08. The highest BCUT2D eigenvalue weighted by Crippen LogP contribution is 2.39. The number of piperidine rings is 1. The maximum atomic E-state index is 10.9. The van der Waals surface area contributed by atoms with Gasteiger partial charge >= 0.3 is 0 Å². The third-order valence-corrected chi connectivity index (χ3v) is 3.61. The summed E-state index contributed by atoms with van der Waals surface area (Å²) < 4.78 is 0. The molecule has 2 bridgehead atoms. The van der Waals surface area contributed by atoms with Crippen LogP contribution in [0.1, 0.15) is 29.8 Å². The van der Waals surface area contributed by atoms with E-state index in [-0.39, 0.29) is 5.69 Å². The van der Waals surface area contributed by atoms with E-state index in [1.165, 1.54) is 19.3 Å². The highest BCUT2D eigenvalue weighted by Gasteiger charge is 2.38. The van der Waals surface area contributed by atoms with Crippen LogP contribution in [0.2, 0.25) is 0 Å². The first-order valence-corrected chi connectivity index (χ1v) is 5.64. The molecule has 84 valence electrons. The van der Waals surface area contributed by atoms with Crippen molar-refractivity contribution in [3.05, 3.63) is 17.8 Å². The summed E-state index contributed by atoms with van der Waals surface area (Å²) in [6.07, 6.45) is 3.87. The Labute approximate surface area is 93.6 Å². The number of aromatic nitrogens is 2. The van der Waals surface area contributed by atoms with Crippen LogP contribution in [-0.2, 0) is 0 Å². The van der Waals surface area contributed by atoms with Crippen LogP contribution in [0.15, 0.2) is 12.1 Å². The van der Waals surface area contributed by atoms with Gasteiger partial charge in [0.2, 0.25) is 0 Å². The van der Waals surface area contributed by atoms with Crippen LogP contribution >= 0.6 is 0 Å². The van der Waals surface area contributed by atoms with E-state index in [4.69, 9.17) is 5.73 Å². The Balaban J connectivity index is 1.82. The van der Waals surface area contributed by atoms with Crippen molar-refractivity contribution in [1.82, 2.24) is 10.2 Å². The minimum atomic E-state index is -0.526. The molecule has 1 saturated carbocycles. The second-order valence-corrected chi connectivity index (χ2v) is 4.63. The van der Waals surface area contributed by atoms with Gasteiger partial charge in [-0.1, -0.05) is 0 Å². The van der Waals surface area contributed by atoms with E-state index in [9.17, 15) is 4.79 Å². The van der Waals surface area contributed by atoms with E-state index in [0.29, 0.717) is 6.04 Å². The van der Waals surface area contributed by atoms with Gasteiger partial charge in [-0.2, -0.15) is 0 Å². The van der Waals surface area contributed by atoms with Gasteiger partial charge in [0.25, 0.3) is 5.91 Å². The third kappa shape index (κ3) is 1.43. The average molecular weight is 218 g/mol. The van der Waals surface area contributed by atoms with Crippen LogP contribution in [0.25, 0.3) is 0 Å². The molecular formula is C11H14N4O. The van der Waals surface area contributed by atoms with Crippen LogP contribution in [-0.4, -0.2) is 28.7 Å². The van der Waals surface area contributed by atoms with E-state index in [1.54, 1.807) is 6.07 Å². The molecule has 2 atom stereocenters. The number of nitrogens with two attached hydrogens (primary N) is 1. The lowest BCUT2D eigenvalue weighted by atomic mass is 10.1. The molecule has 2 aliphatic rings. The quantitative estimate of drug-likeness (QED) is 0.787. The molecule has 1 saturated heterocycles. The van der Waals surface area contributed by atoms with Crippen LogP contribution in [0.3, 0.4) is 0 Å². The molecule has 2 unspecified atom stereocenters. The van der Waals surface area contributed by atoms with Crippen molar-refractivity contribution in [2.45, 2.75) is 25.3 Å². The van der Waals surface area contributed by atoms with Gasteiger partial charge in [0.1, 0.15) is 0 Å². The number of primary amides is 1.